The first-order chi connectivity index (χ1) is 17.7. The fourth-order valence-corrected chi connectivity index (χ4v) is 3.38. The lowest BCUT2D eigenvalue weighted by Gasteiger charge is -2.13. The number of hydrogen-bond acceptors (Lipinski definition) is 6. The minimum atomic E-state index is -0.904. The van der Waals surface area contributed by atoms with Crippen molar-refractivity contribution in [3.05, 3.63) is 82.4 Å². The van der Waals surface area contributed by atoms with Crippen LogP contribution in [0.5, 0.6) is 11.5 Å². The second-order valence-electron chi connectivity index (χ2n) is 8.40. The van der Waals surface area contributed by atoms with Crippen LogP contribution in [-0.4, -0.2) is 37.7 Å². The second kappa shape index (κ2) is 12.3. The minimum Gasteiger partial charge on any atom is -0.493 e. The maximum atomic E-state index is 12.4. The lowest BCUT2D eigenvalue weighted by molar-refractivity contribution is -0.136. The van der Waals surface area contributed by atoms with E-state index in [4.69, 9.17) is 9.47 Å². The molecular weight excluding hydrogens is 472 g/mol. The molecule has 0 heterocycles. The van der Waals surface area contributed by atoms with Gasteiger partial charge in [-0.15, -0.1) is 0 Å². The van der Waals surface area contributed by atoms with Crippen LogP contribution in [0.1, 0.15) is 27.8 Å². The molecule has 0 bridgehead atoms. The molecule has 3 aromatic rings. The van der Waals surface area contributed by atoms with Gasteiger partial charge in [-0.1, -0.05) is 24.3 Å². The Kier molecular flexibility index (Phi) is 8.99. The van der Waals surface area contributed by atoms with Crippen LogP contribution in [0.4, 0.5) is 11.4 Å². The Morgan fingerprint density at radius 3 is 2.05 bits per heavy atom. The number of amides is 3. The smallest absolute Gasteiger partial charge is 0.329 e. The highest BCUT2D eigenvalue weighted by atomic mass is 16.5. The van der Waals surface area contributed by atoms with E-state index in [1.54, 1.807) is 30.3 Å². The molecule has 0 fully saturated rings. The van der Waals surface area contributed by atoms with Gasteiger partial charge >= 0.3 is 11.8 Å². The second-order valence-corrected chi connectivity index (χ2v) is 8.40. The quantitative estimate of drug-likeness (QED) is 0.244. The van der Waals surface area contributed by atoms with Crippen molar-refractivity contribution in [2.45, 2.75) is 27.7 Å². The number of anilines is 2. The maximum Gasteiger partial charge on any atom is 0.329 e. The molecule has 9 heteroatoms. The monoisotopic (exact) mass is 502 g/mol. The third kappa shape index (κ3) is 7.17. The Balaban J connectivity index is 1.55. The van der Waals surface area contributed by atoms with E-state index in [-0.39, 0.29) is 12.5 Å². The molecule has 0 aromatic heterocycles. The van der Waals surface area contributed by atoms with E-state index in [1.165, 1.54) is 13.3 Å². The number of carbonyl (C=O) groups is 3. The molecule has 0 spiro atoms. The average molecular weight is 503 g/mol. The van der Waals surface area contributed by atoms with E-state index in [0.29, 0.717) is 22.7 Å². The summed E-state index contributed by atoms with van der Waals surface area (Å²) in [7, 11) is 1.47. The first-order valence-corrected chi connectivity index (χ1v) is 11.6. The molecule has 3 aromatic carbocycles. The molecule has 3 rings (SSSR count). The van der Waals surface area contributed by atoms with Crippen LogP contribution in [0.15, 0.2) is 59.7 Å². The van der Waals surface area contributed by atoms with Crippen LogP contribution in [-0.2, 0) is 14.4 Å². The Labute approximate surface area is 215 Å². The molecule has 9 nitrogen and oxygen atoms in total. The summed E-state index contributed by atoms with van der Waals surface area (Å²) >= 11 is 0. The number of ether oxygens (including phenoxy) is 2. The normalized spacial score (nSPS) is 10.6. The van der Waals surface area contributed by atoms with Crippen LogP contribution in [0.25, 0.3) is 0 Å². The topological polar surface area (TPSA) is 118 Å². The van der Waals surface area contributed by atoms with Gasteiger partial charge in [0.15, 0.2) is 18.1 Å². The SMILES string of the molecule is COc1cc(/C=N\NC(=O)C(=O)Nc2cccc(C)c2C)ccc1OCC(=O)Nc1cccc(C)c1C. The van der Waals surface area contributed by atoms with Crippen molar-refractivity contribution in [3.63, 3.8) is 0 Å². The summed E-state index contributed by atoms with van der Waals surface area (Å²) in [6.45, 7) is 7.49. The standard InChI is InChI=1S/C28H30N4O5/c1-17-8-6-10-22(19(17)3)30-26(33)16-37-24-13-12-21(14-25(24)36-5)15-29-32-28(35)27(34)31-23-11-7-9-18(2)20(23)4/h6-15H,16H2,1-5H3,(H,30,33)(H,31,34)(H,32,35)/b29-15-. The van der Waals surface area contributed by atoms with Gasteiger partial charge in [-0.2, -0.15) is 5.10 Å². The van der Waals surface area contributed by atoms with Gasteiger partial charge in [0.2, 0.25) is 0 Å². The maximum absolute atomic E-state index is 12.4. The van der Waals surface area contributed by atoms with Crippen LogP contribution in [0, 0.1) is 27.7 Å². The highest BCUT2D eigenvalue weighted by Gasteiger charge is 2.15. The summed E-state index contributed by atoms with van der Waals surface area (Å²) in [6, 6.07) is 16.1. The van der Waals surface area contributed by atoms with Gasteiger partial charge in [0.25, 0.3) is 5.91 Å². The molecule has 0 radical (unpaired) electrons. The molecule has 0 saturated heterocycles. The molecule has 0 aliphatic carbocycles. The van der Waals surface area contributed by atoms with Gasteiger partial charge in [-0.05, 0) is 85.8 Å². The van der Waals surface area contributed by atoms with E-state index in [9.17, 15) is 14.4 Å². The highest BCUT2D eigenvalue weighted by molar-refractivity contribution is 6.39. The van der Waals surface area contributed by atoms with Gasteiger partial charge in [-0.25, -0.2) is 5.43 Å². The third-order valence-corrected chi connectivity index (χ3v) is 5.86. The largest absolute Gasteiger partial charge is 0.493 e. The molecule has 0 aliphatic heterocycles. The Morgan fingerprint density at radius 2 is 1.43 bits per heavy atom. The van der Waals surface area contributed by atoms with E-state index in [0.717, 1.165) is 27.9 Å². The first kappa shape index (κ1) is 26.9. The van der Waals surface area contributed by atoms with Crippen molar-refractivity contribution in [2.24, 2.45) is 5.10 Å². The van der Waals surface area contributed by atoms with E-state index in [1.807, 2.05) is 52.0 Å². The van der Waals surface area contributed by atoms with Crippen molar-refractivity contribution in [2.75, 3.05) is 24.4 Å². The number of nitrogens with one attached hydrogen (secondary N) is 3. The fraction of sp³-hybridized carbons (Fsp3) is 0.214. The lowest BCUT2D eigenvalue weighted by atomic mass is 10.1. The average Bonchev–Trinajstić information content (AvgIpc) is 2.88. The molecule has 3 N–H and O–H groups in total. The van der Waals surface area contributed by atoms with Gasteiger partial charge in [-0.3, -0.25) is 14.4 Å². The van der Waals surface area contributed by atoms with Crippen molar-refractivity contribution in [1.29, 1.82) is 0 Å². The molecule has 3 amide bonds. The zero-order valence-corrected chi connectivity index (χ0v) is 21.5. The number of nitrogens with zero attached hydrogens (tertiary/aromatic N) is 1. The van der Waals surface area contributed by atoms with Gasteiger partial charge in [0.1, 0.15) is 0 Å². The van der Waals surface area contributed by atoms with Gasteiger partial charge < -0.3 is 20.1 Å². The van der Waals surface area contributed by atoms with E-state index >= 15 is 0 Å². The Hall–Kier alpha value is -4.66. The predicted molar refractivity (Wildman–Crippen MR) is 143 cm³/mol. The molecule has 0 unspecified atom stereocenters. The number of carbonyl (C=O) groups excluding carboxylic acids is 3. The summed E-state index contributed by atoms with van der Waals surface area (Å²) in [6.07, 6.45) is 1.36. The van der Waals surface area contributed by atoms with Crippen molar-refractivity contribution in [3.8, 4) is 11.5 Å². The van der Waals surface area contributed by atoms with E-state index < -0.39 is 11.8 Å². The molecule has 0 aliphatic rings. The summed E-state index contributed by atoms with van der Waals surface area (Å²) in [5.74, 6) is -1.29. The van der Waals surface area contributed by atoms with E-state index in [2.05, 4.69) is 21.2 Å². The zero-order valence-electron chi connectivity index (χ0n) is 21.5. The van der Waals surface area contributed by atoms with Crippen molar-refractivity contribution < 1.29 is 23.9 Å². The fourth-order valence-electron chi connectivity index (χ4n) is 3.38. The van der Waals surface area contributed by atoms with Crippen molar-refractivity contribution >= 4 is 35.3 Å². The number of rotatable bonds is 8. The first-order valence-electron chi connectivity index (χ1n) is 11.6. The number of hydrogen-bond donors (Lipinski definition) is 3. The van der Waals surface area contributed by atoms with Crippen LogP contribution in [0.3, 0.4) is 0 Å². The number of hydrazone groups is 1. The Bertz CT molecular complexity index is 1350. The van der Waals surface area contributed by atoms with Crippen molar-refractivity contribution in [1.82, 2.24) is 5.43 Å². The summed E-state index contributed by atoms with van der Waals surface area (Å²) in [5, 5.41) is 9.25. The summed E-state index contributed by atoms with van der Waals surface area (Å²) in [4.78, 5) is 36.6. The van der Waals surface area contributed by atoms with Crippen LogP contribution < -0.4 is 25.5 Å². The number of benzene rings is 3. The van der Waals surface area contributed by atoms with Gasteiger partial charge in [0.05, 0.1) is 13.3 Å². The number of aryl methyl sites for hydroxylation is 2. The minimum absolute atomic E-state index is 0.206. The van der Waals surface area contributed by atoms with Crippen LogP contribution >= 0.6 is 0 Å². The lowest BCUT2D eigenvalue weighted by Crippen LogP contribution is -2.32. The summed E-state index contributed by atoms with van der Waals surface area (Å²) < 4.78 is 11.0. The summed E-state index contributed by atoms with van der Waals surface area (Å²) in [5.41, 5.74) is 8.03. The zero-order chi connectivity index (χ0) is 26.9. The van der Waals surface area contributed by atoms with Gasteiger partial charge in [0, 0.05) is 11.4 Å². The molecule has 0 saturated carbocycles. The number of methoxy groups -OCH3 is 1. The molecule has 0 atom stereocenters. The van der Waals surface area contributed by atoms with Crippen LogP contribution in [0.2, 0.25) is 0 Å². The molecule has 37 heavy (non-hydrogen) atoms. The Morgan fingerprint density at radius 1 is 0.811 bits per heavy atom. The third-order valence-electron chi connectivity index (χ3n) is 5.86. The molecule has 192 valence electrons. The molecular formula is C28H30N4O5. The highest BCUT2D eigenvalue weighted by Crippen LogP contribution is 2.27. The predicted octanol–water partition coefficient (Wildman–Crippen LogP) is 4.04.